The summed E-state index contributed by atoms with van der Waals surface area (Å²) in [6.45, 7) is 10.2. The summed E-state index contributed by atoms with van der Waals surface area (Å²) in [5.41, 5.74) is 0. The number of likely N-dealkylation sites (tertiary alicyclic amines) is 1. The van der Waals surface area contributed by atoms with E-state index in [0.717, 1.165) is 0 Å². The molecule has 1 nitrogen and oxygen atoms in total. The van der Waals surface area contributed by atoms with Gasteiger partial charge in [0.25, 0.3) is 0 Å². The minimum Gasteiger partial charge on any atom is -0.590 e. The lowest BCUT2D eigenvalue weighted by Crippen LogP contribution is -2.44. The van der Waals surface area contributed by atoms with Gasteiger partial charge in [0.05, 0.1) is 26.2 Å². The Morgan fingerprint density at radius 1 is 1.18 bits per heavy atom. The summed E-state index contributed by atoms with van der Waals surface area (Å²) in [6, 6.07) is 0. The molecule has 0 N–H and O–H groups in total. The second-order valence-electron chi connectivity index (χ2n) is 3.13. The van der Waals surface area contributed by atoms with E-state index >= 15 is 0 Å². The molecule has 0 aromatic carbocycles. The van der Waals surface area contributed by atoms with Crippen molar-refractivity contribution in [2.24, 2.45) is 0 Å². The maximum absolute atomic E-state index is 9.38. The Bertz CT molecular complexity index is 99.2. The smallest absolute Gasteiger partial charge is 0.180 e. The molecule has 0 bridgehead atoms. The number of nitrogens with zero attached hydrogens (tertiary/aromatic N) is 1. The molecule has 1 aliphatic rings. The molecule has 0 aliphatic carbocycles. The van der Waals surface area contributed by atoms with E-state index in [0.29, 0.717) is 0 Å². The molecule has 0 spiro atoms. The predicted molar refractivity (Wildman–Crippen MR) is 43.9 cm³/mol. The van der Waals surface area contributed by atoms with Crippen LogP contribution in [0.25, 0.3) is 0 Å². The zero-order valence-electron chi connectivity index (χ0n) is 8.45. The Hall–Kier alpha value is -0.180. The second kappa shape index (κ2) is 5.47. The first-order valence-corrected chi connectivity index (χ1v) is 4.18. The van der Waals surface area contributed by atoms with Crippen LogP contribution in [0.2, 0.25) is 0 Å². The van der Waals surface area contributed by atoms with E-state index in [9.17, 15) is 9.44 Å². The van der Waals surface area contributed by atoms with Crippen molar-refractivity contribution in [2.75, 3.05) is 26.2 Å². The molecule has 1 rings (SSSR count). The third kappa shape index (κ3) is 2.73. The molecule has 1 heterocycles. The van der Waals surface area contributed by atoms with E-state index in [2.05, 4.69) is 13.8 Å². The summed E-state index contributed by atoms with van der Waals surface area (Å²) in [6.07, 6.45) is 2.92. The van der Waals surface area contributed by atoms with E-state index in [1.165, 1.54) is 43.5 Å². The maximum Gasteiger partial charge on any atom is 0.180 e. The minimum absolute atomic E-state index is 0.250. The van der Waals surface area contributed by atoms with Gasteiger partial charge >= 0.3 is 0 Å². The summed E-state index contributed by atoms with van der Waals surface area (Å²) in [7, 11) is 0. The van der Waals surface area contributed by atoms with Crippen LogP contribution in [-0.2, 0) is 0 Å². The minimum atomic E-state index is -0.250. The molecule has 1 saturated heterocycles. The highest BCUT2D eigenvalue weighted by molar-refractivity contribution is 4.51. The molecule has 0 atom stereocenters. The topological polar surface area (TPSA) is 0 Å². The van der Waals surface area contributed by atoms with Gasteiger partial charge in [-0.2, -0.15) is 0 Å². The highest BCUT2D eigenvalue weighted by atomic mass is 19.0. The predicted octanol–water partition coefficient (Wildman–Crippen LogP) is 2.21. The van der Waals surface area contributed by atoms with Crippen LogP contribution in [0, 0.1) is 0 Å². The van der Waals surface area contributed by atoms with Gasteiger partial charge in [-0.15, -0.1) is 0 Å². The highest BCUT2D eigenvalue weighted by Gasteiger charge is 2.27. The van der Waals surface area contributed by atoms with Gasteiger partial charge in [0.2, 0.25) is 0 Å². The molecule has 11 heavy (non-hydrogen) atoms. The van der Waals surface area contributed by atoms with Crippen LogP contribution in [0.5, 0.6) is 0 Å². The zero-order valence-corrected chi connectivity index (χ0v) is 7.45. The van der Waals surface area contributed by atoms with Gasteiger partial charge in [-0.1, -0.05) is 0 Å². The highest BCUT2D eigenvalue weighted by Crippen LogP contribution is 2.17. The quantitative estimate of drug-likeness (QED) is 0.553. The first-order chi connectivity index (χ1) is 5.74. The Labute approximate surface area is 69.3 Å². The Morgan fingerprint density at radius 3 is 1.73 bits per heavy atom. The fourth-order valence-corrected chi connectivity index (χ4v) is 1.86. The van der Waals surface area contributed by atoms with Crippen molar-refractivity contribution in [3.8, 4) is 0 Å². The Balaban J connectivity index is 0.000000354. The lowest BCUT2D eigenvalue weighted by Gasteiger charge is -2.31. The molecule has 0 aromatic heterocycles. The number of halogens is 2. The molecule has 1 aliphatic heterocycles. The van der Waals surface area contributed by atoms with Gasteiger partial charge in [-0.25, -0.2) is 0 Å². The van der Waals surface area contributed by atoms with E-state index in [1.54, 1.807) is 0 Å². The summed E-state index contributed by atoms with van der Waals surface area (Å²) < 4.78 is 19.9. The number of hydrogen-bond donors (Lipinski definition) is 0. The van der Waals surface area contributed by atoms with Crippen LogP contribution < -0.4 is 0 Å². The van der Waals surface area contributed by atoms with Gasteiger partial charge in [-0.05, 0) is 13.8 Å². The van der Waals surface area contributed by atoms with Crippen molar-refractivity contribution >= 4 is 0 Å². The van der Waals surface area contributed by atoms with Crippen LogP contribution >= 0.6 is 0 Å². The third-order valence-electron chi connectivity index (χ3n) is 2.86. The van der Waals surface area contributed by atoms with Crippen LogP contribution in [0.15, 0.2) is 0 Å². The van der Waals surface area contributed by atoms with E-state index in [-0.39, 0.29) is 1.48 Å². The third-order valence-corrected chi connectivity index (χ3v) is 2.86. The van der Waals surface area contributed by atoms with Crippen molar-refractivity contribution in [3.63, 3.8) is 0 Å². The number of hydrogen-bond acceptors (Lipinski definition) is 0. The zero-order chi connectivity index (χ0) is 9.45. The number of quaternary nitrogens is 1. The summed E-state index contributed by atoms with van der Waals surface area (Å²) in [5, 5.41) is 0. The molecular formula is C8H19F2N. The van der Waals surface area contributed by atoms with Crippen LogP contribution in [0.1, 0.15) is 26.7 Å². The van der Waals surface area contributed by atoms with Crippen molar-refractivity contribution in [1.82, 2.24) is 0 Å². The van der Waals surface area contributed by atoms with Gasteiger partial charge in [-0.3, -0.25) is 0 Å². The molecular weight excluding hydrogens is 148 g/mol. The Morgan fingerprint density at radius 2 is 1.55 bits per heavy atom. The first-order valence-electron chi connectivity index (χ1n) is 4.94. The van der Waals surface area contributed by atoms with Gasteiger partial charge in [0.15, 0.2) is 1.48 Å². The lowest BCUT2D eigenvalue weighted by molar-refractivity contribution is -0.913. The van der Waals surface area contributed by atoms with Crippen molar-refractivity contribution in [1.29, 1.82) is 1.48 Å². The van der Waals surface area contributed by atoms with Gasteiger partial charge in [0, 0.05) is 12.8 Å². The lowest BCUT2D eigenvalue weighted by atomic mass is 10.4. The monoisotopic (exact) mass is 167 g/mol. The largest absolute Gasteiger partial charge is 0.590 e. The summed E-state index contributed by atoms with van der Waals surface area (Å²) in [5.74, 6) is 0. The van der Waals surface area contributed by atoms with Crippen molar-refractivity contribution in [2.45, 2.75) is 26.7 Å². The molecule has 3 heteroatoms. The molecule has 1 fully saturated rings. The van der Waals surface area contributed by atoms with Crippen LogP contribution in [0.4, 0.5) is 9.44 Å². The normalized spacial score (nSPS) is 21.1. The second-order valence-corrected chi connectivity index (χ2v) is 3.13. The molecule has 70 valence electrons. The van der Waals surface area contributed by atoms with E-state index in [4.69, 9.17) is 0 Å². The van der Waals surface area contributed by atoms with Crippen LogP contribution in [-0.4, -0.2) is 32.1 Å². The fourth-order valence-electron chi connectivity index (χ4n) is 1.86. The fraction of sp³-hybridized carbons (Fsp3) is 1.00. The SMILES string of the molecule is CC[N+]1(CC)CCCC1.F[H-]F. The molecule has 0 unspecified atom stereocenters. The van der Waals surface area contributed by atoms with Crippen LogP contribution in [0.3, 0.4) is 0 Å². The molecule has 0 amide bonds. The molecule has 0 aromatic rings. The van der Waals surface area contributed by atoms with Gasteiger partial charge in [0.1, 0.15) is 0 Å². The molecule has 0 saturated carbocycles. The Kier molecular flexibility index (Phi) is 4.43. The molecule has 0 radical (unpaired) electrons. The first kappa shape index (κ1) is 8.91. The average Bonchev–Trinajstić information content (AvgIpc) is 2.55. The van der Waals surface area contributed by atoms with E-state index < -0.39 is 0 Å². The summed E-state index contributed by atoms with van der Waals surface area (Å²) >= 11 is 0. The van der Waals surface area contributed by atoms with Gasteiger partial charge < -0.3 is 13.9 Å². The average molecular weight is 167 g/mol. The van der Waals surface area contributed by atoms with Crippen molar-refractivity contribution in [3.05, 3.63) is 0 Å². The standard InChI is InChI=1S/C8H18N.F2H/c1-3-9(4-2)7-5-6-8-9;1-3-2/h3-8H2,1-2H3;/q+1;-1. The van der Waals surface area contributed by atoms with Crippen molar-refractivity contribution < 1.29 is 13.9 Å². The maximum atomic E-state index is 9.38. The number of rotatable bonds is 2. The van der Waals surface area contributed by atoms with E-state index in [1.807, 2.05) is 0 Å². The summed E-state index contributed by atoms with van der Waals surface area (Å²) in [4.78, 5) is 0.